The molecule has 0 fully saturated rings. The second-order valence-corrected chi connectivity index (χ2v) is 6.95. The van der Waals surface area contributed by atoms with Crippen LogP contribution in [0.5, 0.6) is 5.75 Å². The molecule has 152 valence electrons. The number of thiocarbonyl (C=S) groups is 1. The Hall–Kier alpha value is -2.90. The Labute approximate surface area is 175 Å². The minimum absolute atomic E-state index is 0.184. The van der Waals surface area contributed by atoms with Crippen molar-refractivity contribution in [1.82, 2.24) is 10.6 Å². The lowest BCUT2D eigenvalue weighted by molar-refractivity contribution is -0.140. The molecule has 0 aliphatic carbocycles. The van der Waals surface area contributed by atoms with Crippen molar-refractivity contribution in [3.8, 4) is 5.75 Å². The summed E-state index contributed by atoms with van der Waals surface area (Å²) in [6, 6.07) is 17.1. The summed E-state index contributed by atoms with van der Waals surface area (Å²) >= 11 is 5.29. The largest absolute Gasteiger partial charge is 0.489 e. The highest BCUT2D eigenvalue weighted by Gasteiger charge is 2.31. The summed E-state index contributed by atoms with van der Waals surface area (Å²) in [5.41, 5.74) is 3.08. The molecule has 1 aliphatic heterocycles. The van der Waals surface area contributed by atoms with Crippen LogP contribution < -0.4 is 15.4 Å². The van der Waals surface area contributed by atoms with E-state index in [1.54, 1.807) is 7.11 Å². The molecule has 2 N–H and O–H groups in total. The molecule has 0 unspecified atom stereocenters. The minimum Gasteiger partial charge on any atom is -0.489 e. The van der Waals surface area contributed by atoms with E-state index in [0.29, 0.717) is 35.3 Å². The molecule has 0 saturated heterocycles. The second kappa shape index (κ2) is 10.0. The van der Waals surface area contributed by atoms with Gasteiger partial charge in [0.15, 0.2) is 5.11 Å². The zero-order chi connectivity index (χ0) is 20.6. The Kier molecular flexibility index (Phi) is 7.21. The predicted molar refractivity (Wildman–Crippen MR) is 114 cm³/mol. The Balaban J connectivity index is 1.80. The number of methoxy groups -OCH3 is 1. The molecule has 0 radical (unpaired) electrons. The number of carbonyl (C=O) groups is 1. The average molecular weight is 413 g/mol. The molecule has 0 aromatic heterocycles. The van der Waals surface area contributed by atoms with Crippen LogP contribution in [0.15, 0.2) is 65.9 Å². The first-order valence-electron chi connectivity index (χ1n) is 9.29. The van der Waals surface area contributed by atoms with Gasteiger partial charge < -0.3 is 24.8 Å². The lowest BCUT2D eigenvalue weighted by atomic mass is 9.95. The maximum atomic E-state index is 12.7. The number of hydrogen-bond donors (Lipinski definition) is 2. The summed E-state index contributed by atoms with van der Waals surface area (Å²) in [4.78, 5) is 12.7. The van der Waals surface area contributed by atoms with Crippen molar-refractivity contribution in [3.63, 3.8) is 0 Å². The van der Waals surface area contributed by atoms with Crippen LogP contribution >= 0.6 is 12.2 Å². The molecule has 2 aromatic rings. The standard InChI is InChI=1S/C22H24N2O4S/c1-15-19(21(25)27-12-11-26-2)20(24-22(29)23-15)17-9-6-10-18(13-17)28-14-16-7-4-3-5-8-16/h3-10,13,20H,11-12,14H2,1-2H3,(H2,23,24,29)/t20-/m0/s1. The van der Waals surface area contributed by atoms with Gasteiger partial charge in [0.05, 0.1) is 18.2 Å². The first-order chi connectivity index (χ1) is 14.1. The summed E-state index contributed by atoms with van der Waals surface area (Å²) in [7, 11) is 1.56. The monoisotopic (exact) mass is 412 g/mol. The highest BCUT2D eigenvalue weighted by atomic mass is 32.1. The maximum absolute atomic E-state index is 12.7. The van der Waals surface area contributed by atoms with Crippen LogP contribution in [0.2, 0.25) is 0 Å². The Bertz CT molecular complexity index is 899. The van der Waals surface area contributed by atoms with Crippen LogP contribution in [0.4, 0.5) is 0 Å². The first kappa shape index (κ1) is 20.8. The number of hydrogen-bond acceptors (Lipinski definition) is 5. The van der Waals surface area contributed by atoms with E-state index in [0.717, 1.165) is 11.1 Å². The van der Waals surface area contributed by atoms with Crippen molar-refractivity contribution in [2.24, 2.45) is 0 Å². The topological polar surface area (TPSA) is 68.8 Å². The average Bonchev–Trinajstić information content (AvgIpc) is 2.73. The highest BCUT2D eigenvalue weighted by molar-refractivity contribution is 7.80. The molecule has 1 aliphatic rings. The molecule has 0 bridgehead atoms. The Morgan fingerprint density at radius 1 is 1.10 bits per heavy atom. The summed E-state index contributed by atoms with van der Waals surface area (Å²) in [5, 5.41) is 6.61. The maximum Gasteiger partial charge on any atom is 0.338 e. The fraction of sp³-hybridized carbons (Fsp3) is 0.273. The van der Waals surface area contributed by atoms with Crippen LogP contribution in [-0.4, -0.2) is 31.4 Å². The Morgan fingerprint density at radius 2 is 1.90 bits per heavy atom. The van der Waals surface area contributed by atoms with Crippen LogP contribution in [0.3, 0.4) is 0 Å². The molecule has 6 nitrogen and oxygen atoms in total. The molecular weight excluding hydrogens is 388 g/mol. The Morgan fingerprint density at radius 3 is 2.66 bits per heavy atom. The molecule has 7 heteroatoms. The second-order valence-electron chi connectivity index (χ2n) is 6.55. The number of rotatable bonds is 8. The quantitative estimate of drug-likeness (QED) is 0.392. The summed E-state index contributed by atoms with van der Waals surface area (Å²) < 4.78 is 16.2. The number of ether oxygens (including phenoxy) is 3. The number of esters is 1. The van der Waals surface area contributed by atoms with Crippen LogP contribution in [0.25, 0.3) is 0 Å². The van der Waals surface area contributed by atoms with E-state index in [4.69, 9.17) is 26.4 Å². The fourth-order valence-electron chi connectivity index (χ4n) is 3.03. The highest BCUT2D eigenvalue weighted by Crippen LogP contribution is 2.30. The van der Waals surface area contributed by atoms with Crippen LogP contribution in [0, 0.1) is 0 Å². The van der Waals surface area contributed by atoms with Gasteiger partial charge in [-0.15, -0.1) is 0 Å². The molecule has 0 amide bonds. The fourth-order valence-corrected chi connectivity index (χ4v) is 3.31. The number of benzene rings is 2. The molecule has 1 heterocycles. The van der Waals surface area contributed by atoms with Crippen LogP contribution in [0.1, 0.15) is 24.1 Å². The normalized spacial score (nSPS) is 16.1. The van der Waals surface area contributed by atoms with Gasteiger partial charge in [-0.25, -0.2) is 4.79 Å². The van der Waals surface area contributed by atoms with Crippen LogP contribution in [-0.2, 0) is 20.9 Å². The van der Waals surface area contributed by atoms with Gasteiger partial charge in [-0.3, -0.25) is 0 Å². The van der Waals surface area contributed by atoms with E-state index in [9.17, 15) is 4.79 Å². The van der Waals surface area contributed by atoms with Gasteiger partial charge >= 0.3 is 5.97 Å². The smallest absolute Gasteiger partial charge is 0.338 e. The minimum atomic E-state index is -0.431. The van der Waals surface area contributed by atoms with Gasteiger partial charge in [0.2, 0.25) is 0 Å². The van der Waals surface area contributed by atoms with E-state index in [1.165, 1.54) is 0 Å². The van der Waals surface area contributed by atoms with E-state index in [2.05, 4.69) is 10.6 Å². The molecule has 3 rings (SSSR count). The first-order valence-corrected chi connectivity index (χ1v) is 9.70. The van der Waals surface area contributed by atoms with Crippen molar-refractivity contribution < 1.29 is 19.0 Å². The van der Waals surface area contributed by atoms with Gasteiger partial charge in [0, 0.05) is 12.8 Å². The van der Waals surface area contributed by atoms with Crippen molar-refractivity contribution >= 4 is 23.3 Å². The molecule has 0 spiro atoms. The zero-order valence-electron chi connectivity index (χ0n) is 16.4. The van der Waals surface area contributed by atoms with E-state index in [-0.39, 0.29) is 6.61 Å². The van der Waals surface area contributed by atoms with Crippen molar-refractivity contribution in [1.29, 1.82) is 0 Å². The van der Waals surface area contributed by atoms with Gasteiger partial charge in [-0.2, -0.15) is 0 Å². The SMILES string of the molecule is COCCOC(=O)C1=C(C)NC(=S)N[C@H]1c1cccc(OCc2ccccc2)c1. The van der Waals surface area contributed by atoms with Gasteiger partial charge in [-0.05, 0) is 42.4 Å². The van der Waals surface area contributed by atoms with Gasteiger partial charge in [0.25, 0.3) is 0 Å². The van der Waals surface area contributed by atoms with E-state index < -0.39 is 12.0 Å². The zero-order valence-corrected chi connectivity index (χ0v) is 17.3. The lowest BCUT2D eigenvalue weighted by Crippen LogP contribution is -2.45. The molecule has 2 aromatic carbocycles. The third-order valence-electron chi connectivity index (χ3n) is 4.45. The number of carbonyl (C=O) groups excluding carboxylic acids is 1. The van der Waals surface area contributed by atoms with Crippen molar-refractivity contribution in [3.05, 3.63) is 77.0 Å². The molecule has 1 atom stereocenters. The number of allylic oxidation sites excluding steroid dienone is 1. The third kappa shape index (κ3) is 5.56. The summed E-state index contributed by atoms with van der Waals surface area (Å²) in [5.74, 6) is 0.296. The van der Waals surface area contributed by atoms with Gasteiger partial charge in [-0.1, -0.05) is 42.5 Å². The summed E-state index contributed by atoms with van der Waals surface area (Å²) in [6.45, 7) is 2.79. The number of nitrogens with one attached hydrogen (secondary N) is 2. The van der Waals surface area contributed by atoms with Gasteiger partial charge in [0.1, 0.15) is 19.0 Å². The molecule has 0 saturated carbocycles. The lowest BCUT2D eigenvalue weighted by Gasteiger charge is -2.30. The van der Waals surface area contributed by atoms with E-state index in [1.807, 2.05) is 61.5 Å². The van der Waals surface area contributed by atoms with Crippen molar-refractivity contribution in [2.45, 2.75) is 19.6 Å². The summed E-state index contributed by atoms with van der Waals surface area (Å²) in [6.07, 6.45) is 0. The molecule has 29 heavy (non-hydrogen) atoms. The third-order valence-corrected chi connectivity index (χ3v) is 4.67. The van der Waals surface area contributed by atoms with Crippen molar-refractivity contribution in [2.75, 3.05) is 20.3 Å². The predicted octanol–water partition coefficient (Wildman–Crippen LogP) is 3.25. The van der Waals surface area contributed by atoms with E-state index >= 15 is 0 Å². The molecular formula is C22H24N2O4S.